The maximum atomic E-state index is 12.4. The van der Waals surface area contributed by atoms with E-state index < -0.39 is 0 Å². The van der Waals surface area contributed by atoms with Gasteiger partial charge in [0.05, 0.1) is 16.6 Å². The Morgan fingerprint density at radius 3 is 2.57 bits per heavy atom. The van der Waals surface area contributed by atoms with E-state index in [2.05, 4.69) is 15.1 Å². The first-order valence-corrected chi connectivity index (χ1v) is 7.84. The van der Waals surface area contributed by atoms with Crippen LogP contribution in [0.2, 0.25) is 0 Å². The quantitative estimate of drug-likeness (QED) is 0.871. The smallest absolute Gasteiger partial charge is 0.265 e. The maximum Gasteiger partial charge on any atom is 0.265 e. The Morgan fingerprint density at radius 2 is 2.05 bits per heavy atom. The van der Waals surface area contributed by atoms with Crippen LogP contribution in [-0.2, 0) is 0 Å². The van der Waals surface area contributed by atoms with Crippen molar-refractivity contribution in [1.29, 1.82) is 0 Å². The lowest BCUT2D eigenvalue weighted by Gasteiger charge is -2.36. The Labute approximate surface area is 127 Å². The zero-order chi connectivity index (χ0) is 15.1. The summed E-state index contributed by atoms with van der Waals surface area (Å²) in [5.74, 6) is 1.83. The Morgan fingerprint density at radius 1 is 1.33 bits per heavy atom. The van der Waals surface area contributed by atoms with E-state index in [1.54, 1.807) is 0 Å². The van der Waals surface area contributed by atoms with E-state index in [1.165, 1.54) is 11.3 Å². The van der Waals surface area contributed by atoms with Gasteiger partial charge in [0.15, 0.2) is 5.82 Å². The Kier molecular flexibility index (Phi) is 3.52. The fourth-order valence-corrected chi connectivity index (χ4v) is 3.21. The number of likely N-dealkylation sites (tertiary alicyclic amines) is 1. The van der Waals surface area contributed by atoms with Crippen LogP contribution in [0.15, 0.2) is 4.52 Å². The molecule has 1 aliphatic rings. The van der Waals surface area contributed by atoms with Crippen molar-refractivity contribution in [2.24, 2.45) is 0 Å². The van der Waals surface area contributed by atoms with Crippen LogP contribution in [0.5, 0.6) is 0 Å². The van der Waals surface area contributed by atoms with Gasteiger partial charge >= 0.3 is 0 Å². The van der Waals surface area contributed by atoms with Crippen molar-refractivity contribution >= 4 is 17.2 Å². The maximum absolute atomic E-state index is 12.4. The van der Waals surface area contributed by atoms with Gasteiger partial charge in [-0.3, -0.25) is 4.79 Å². The molecule has 1 fully saturated rings. The number of amides is 1. The molecule has 0 N–H and O–H groups in total. The monoisotopic (exact) mass is 306 g/mol. The zero-order valence-corrected chi connectivity index (χ0v) is 13.4. The summed E-state index contributed by atoms with van der Waals surface area (Å²) < 4.78 is 5.28. The van der Waals surface area contributed by atoms with Crippen LogP contribution in [0.1, 0.15) is 57.8 Å². The molecule has 3 heterocycles. The number of aromatic nitrogens is 3. The summed E-state index contributed by atoms with van der Waals surface area (Å²) in [4.78, 5) is 23.6. The standard InChI is InChI=1S/C14H18N4O2S/c1-7(2)12-16-13(20-17-12)10-5-18(6-10)14(19)11-8(3)15-9(4)21-11/h7,10H,5-6H2,1-4H3. The third kappa shape index (κ3) is 2.57. The number of rotatable bonds is 3. The van der Waals surface area contributed by atoms with Crippen molar-refractivity contribution in [3.8, 4) is 0 Å². The molecular formula is C14H18N4O2S. The molecule has 3 rings (SSSR count). The number of nitrogens with zero attached hydrogens (tertiary/aromatic N) is 4. The number of carbonyl (C=O) groups is 1. The summed E-state index contributed by atoms with van der Waals surface area (Å²) in [6.45, 7) is 9.12. The summed E-state index contributed by atoms with van der Waals surface area (Å²) >= 11 is 1.45. The van der Waals surface area contributed by atoms with Gasteiger partial charge in [-0.1, -0.05) is 19.0 Å². The van der Waals surface area contributed by atoms with E-state index in [0.717, 1.165) is 21.4 Å². The highest BCUT2D eigenvalue weighted by atomic mass is 32.1. The lowest BCUT2D eigenvalue weighted by Crippen LogP contribution is -2.48. The van der Waals surface area contributed by atoms with Gasteiger partial charge in [-0.25, -0.2) is 4.98 Å². The van der Waals surface area contributed by atoms with E-state index in [-0.39, 0.29) is 17.7 Å². The van der Waals surface area contributed by atoms with Crippen LogP contribution in [0, 0.1) is 13.8 Å². The molecule has 0 aliphatic carbocycles. The highest BCUT2D eigenvalue weighted by molar-refractivity contribution is 7.13. The van der Waals surface area contributed by atoms with Gasteiger partial charge in [-0.05, 0) is 13.8 Å². The predicted octanol–water partition coefficient (Wildman–Crippen LogP) is 2.51. The molecule has 0 aromatic carbocycles. The Bertz CT molecular complexity index is 670. The van der Waals surface area contributed by atoms with E-state index >= 15 is 0 Å². The molecule has 2 aromatic heterocycles. The molecule has 1 amide bonds. The van der Waals surface area contributed by atoms with Crippen LogP contribution < -0.4 is 0 Å². The summed E-state index contributed by atoms with van der Waals surface area (Å²) in [6, 6.07) is 0. The second kappa shape index (κ2) is 5.22. The van der Waals surface area contributed by atoms with E-state index in [9.17, 15) is 4.79 Å². The van der Waals surface area contributed by atoms with Crippen LogP contribution >= 0.6 is 11.3 Å². The van der Waals surface area contributed by atoms with Gasteiger partial charge in [0.2, 0.25) is 5.89 Å². The Hall–Kier alpha value is -1.76. The van der Waals surface area contributed by atoms with Crippen molar-refractivity contribution in [1.82, 2.24) is 20.0 Å². The summed E-state index contributed by atoms with van der Waals surface area (Å²) in [6.07, 6.45) is 0. The first-order valence-electron chi connectivity index (χ1n) is 7.02. The third-order valence-electron chi connectivity index (χ3n) is 3.59. The molecule has 0 unspecified atom stereocenters. The lowest BCUT2D eigenvalue weighted by molar-refractivity contribution is 0.0573. The zero-order valence-electron chi connectivity index (χ0n) is 12.6. The topological polar surface area (TPSA) is 72.1 Å². The first-order chi connectivity index (χ1) is 9.95. The fourth-order valence-electron chi connectivity index (χ4n) is 2.32. The number of hydrogen-bond donors (Lipinski definition) is 0. The second-order valence-electron chi connectivity index (χ2n) is 5.70. The van der Waals surface area contributed by atoms with E-state index in [0.29, 0.717) is 19.0 Å². The molecule has 1 saturated heterocycles. The molecule has 0 atom stereocenters. The van der Waals surface area contributed by atoms with Crippen molar-refractivity contribution < 1.29 is 9.32 Å². The molecule has 1 aliphatic heterocycles. The fraction of sp³-hybridized carbons (Fsp3) is 0.571. The van der Waals surface area contributed by atoms with Crippen LogP contribution in [0.4, 0.5) is 0 Å². The lowest BCUT2D eigenvalue weighted by atomic mass is 9.99. The normalized spacial score (nSPS) is 15.6. The molecule has 0 radical (unpaired) electrons. The SMILES string of the molecule is Cc1nc(C)c(C(=O)N2CC(c3nc(C(C)C)no3)C2)s1. The van der Waals surface area contributed by atoms with Gasteiger partial charge < -0.3 is 9.42 Å². The van der Waals surface area contributed by atoms with Crippen molar-refractivity contribution in [3.05, 3.63) is 27.3 Å². The number of carbonyl (C=O) groups excluding carboxylic acids is 1. The molecule has 0 bridgehead atoms. The second-order valence-corrected chi connectivity index (χ2v) is 6.90. The van der Waals surface area contributed by atoms with Crippen molar-refractivity contribution in [3.63, 3.8) is 0 Å². The largest absolute Gasteiger partial charge is 0.339 e. The predicted molar refractivity (Wildman–Crippen MR) is 78.6 cm³/mol. The number of hydrogen-bond acceptors (Lipinski definition) is 6. The molecule has 112 valence electrons. The third-order valence-corrected chi connectivity index (χ3v) is 4.65. The molecule has 7 heteroatoms. The van der Waals surface area contributed by atoms with Crippen molar-refractivity contribution in [2.75, 3.05) is 13.1 Å². The van der Waals surface area contributed by atoms with E-state index in [1.807, 2.05) is 32.6 Å². The van der Waals surface area contributed by atoms with E-state index in [4.69, 9.17) is 4.52 Å². The average Bonchev–Trinajstić information content (AvgIpc) is 2.94. The molecule has 0 spiro atoms. The van der Waals surface area contributed by atoms with Gasteiger partial charge in [0, 0.05) is 19.0 Å². The molecule has 0 saturated carbocycles. The minimum atomic E-state index is 0.0537. The molecule has 2 aromatic rings. The number of aryl methyl sites for hydroxylation is 2. The number of thiazole rings is 1. The summed E-state index contributed by atoms with van der Waals surface area (Å²) in [5.41, 5.74) is 0.811. The van der Waals surface area contributed by atoms with Crippen molar-refractivity contribution in [2.45, 2.75) is 39.5 Å². The van der Waals surface area contributed by atoms with Gasteiger partial charge in [-0.2, -0.15) is 4.98 Å². The van der Waals surface area contributed by atoms with Crippen LogP contribution in [-0.4, -0.2) is 39.0 Å². The molecular weight excluding hydrogens is 288 g/mol. The molecule has 21 heavy (non-hydrogen) atoms. The average molecular weight is 306 g/mol. The summed E-state index contributed by atoms with van der Waals surface area (Å²) in [7, 11) is 0. The van der Waals surface area contributed by atoms with Crippen LogP contribution in [0.25, 0.3) is 0 Å². The van der Waals surface area contributed by atoms with Gasteiger partial charge in [0.1, 0.15) is 4.88 Å². The van der Waals surface area contributed by atoms with Crippen LogP contribution in [0.3, 0.4) is 0 Å². The molecule has 6 nitrogen and oxygen atoms in total. The minimum absolute atomic E-state index is 0.0537. The first kappa shape index (κ1) is 14.2. The summed E-state index contributed by atoms with van der Waals surface area (Å²) in [5, 5.41) is 4.89. The highest BCUT2D eigenvalue weighted by Crippen LogP contribution is 2.30. The highest BCUT2D eigenvalue weighted by Gasteiger charge is 2.37. The van der Waals surface area contributed by atoms with Gasteiger partial charge in [0.25, 0.3) is 5.91 Å². The Balaban J connectivity index is 1.65. The van der Waals surface area contributed by atoms with Gasteiger partial charge in [-0.15, -0.1) is 11.3 Å². The minimum Gasteiger partial charge on any atom is -0.339 e.